The molecule has 0 spiro atoms. The zero-order valence-corrected chi connectivity index (χ0v) is 6.46. The molecule has 12 heavy (non-hydrogen) atoms. The summed E-state index contributed by atoms with van der Waals surface area (Å²) in [4.78, 5) is 0. The first-order valence-corrected chi connectivity index (χ1v) is 3.00. The first kappa shape index (κ1) is 12.6. The van der Waals surface area contributed by atoms with Crippen LogP contribution in [0.15, 0.2) is 36.4 Å². The first-order valence-electron chi connectivity index (χ1n) is 3.00. The predicted octanol–water partition coefficient (Wildman–Crippen LogP) is 2.32. The van der Waals surface area contributed by atoms with Crippen molar-refractivity contribution in [3.63, 3.8) is 0 Å². The third-order valence-corrected chi connectivity index (χ3v) is 0.667. The average molecular weight is 162 g/mol. The summed E-state index contributed by atoms with van der Waals surface area (Å²) >= 11 is 0. The van der Waals surface area contributed by atoms with Crippen LogP contribution in [0.5, 0.6) is 0 Å². The zero-order chi connectivity index (χ0) is 9.66. The Morgan fingerprint density at radius 1 is 0.500 bits per heavy atom. The standard InChI is InChI=1S/C6H6.2CH2N2/c1-2-4-6-5-3-1;2*2-1-3/h1-6H;2*2-3H. The largest absolute Gasteiger partial charge is 0.242 e. The van der Waals surface area contributed by atoms with E-state index in [-0.39, 0.29) is 0 Å². The Morgan fingerprint density at radius 2 is 0.583 bits per heavy atom. The van der Waals surface area contributed by atoms with Crippen molar-refractivity contribution < 1.29 is 0 Å². The number of rotatable bonds is 0. The third-order valence-electron chi connectivity index (χ3n) is 0.667. The zero-order valence-electron chi connectivity index (χ0n) is 6.46. The van der Waals surface area contributed by atoms with Crippen LogP contribution in [0.3, 0.4) is 0 Å². The lowest BCUT2D eigenvalue weighted by atomic mass is 10.4. The topological polar surface area (TPSA) is 95.4 Å². The fourth-order valence-electron chi connectivity index (χ4n) is 0.385. The molecule has 0 aliphatic carbocycles. The Morgan fingerprint density at radius 3 is 0.667 bits per heavy atom. The molecule has 0 fully saturated rings. The van der Waals surface area contributed by atoms with Crippen molar-refractivity contribution in [3.05, 3.63) is 36.4 Å². The second-order valence-corrected chi connectivity index (χ2v) is 1.40. The van der Waals surface area contributed by atoms with Crippen molar-refractivity contribution in [3.8, 4) is 0 Å². The molecule has 0 unspecified atom stereocenters. The molecule has 0 amide bonds. The predicted molar refractivity (Wildman–Crippen MR) is 47.3 cm³/mol. The second-order valence-electron chi connectivity index (χ2n) is 1.40. The fraction of sp³-hybridized carbons (Fsp3) is 0. The summed E-state index contributed by atoms with van der Waals surface area (Å²) in [6, 6.07) is 14.5. The molecule has 4 N–H and O–H groups in total. The maximum absolute atomic E-state index is 5.62. The van der Waals surface area contributed by atoms with E-state index in [2.05, 4.69) is 0 Å². The Bertz CT molecular complexity index is 192. The van der Waals surface area contributed by atoms with E-state index in [0.29, 0.717) is 0 Å². The fourth-order valence-corrected chi connectivity index (χ4v) is 0.385. The molecular formula is C8H10N4. The van der Waals surface area contributed by atoms with Gasteiger partial charge in [0.05, 0.1) is 12.0 Å². The molecule has 0 saturated heterocycles. The molecular weight excluding hydrogens is 152 g/mol. The van der Waals surface area contributed by atoms with Crippen LogP contribution in [0.1, 0.15) is 0 Å². The highest BCUT2D eigenvalue weighted by molar-refractivity contribution is 5.29. The van der Waals surface area contributed by atoms with E-state index in [0.717, 1.165) is 0 Å². The van der Waals surface area contributed by atoms with Crippen molar-refractivity contribution in [2.24, 2.45) is 0 Å². The highest BCUT2D eigenvalue weighted by Crippen LogP contribution is 1.79. The Labute approximate surface area is 70.9 Å². The Kier molecular flexibility index (Phi) is 16.8. The third kappa shape index (κ3) is 24.5. The molecule has 0 radical (unpaired) electrons. The molecule has 0 aliphatic heterocycles. The van der Waals surface area contributed by atoms with Crippen LogP contribution in [0, 0.1) is 21.6 Å². The lowest BCUT2D eigenvalue weighted by molar-refractivity contribution is 1.47. The van der Waals surface area contributed by atoms with E-state index in [4.69, 9.17) is 21.6 Å². The minimum absolute atomic E-state index is 1.25. The molecule has 0 bridgehead atoms. The SMILES string of the molecule is N=C=N.N=C=N.c1ccccc1. The average Bonchev–Trinajstić information content (AvgIpc) is 2.10. The summed E-state index contributed by atoms with van der Waals surface area (Å²) in [7, 11) is 0. The Balaban J connectivity index is 0. The van der Waals surface area contributed by atoms with Crippen molar-refractivity contribution in [1.82, 2.24) is 0 Å². The minimum Gasteiger partial charge on any atom is -0.242 e. The highest BCUT2D eigenvalue weighted by atomic mass is 14.4. The number of nitrogens with one attached hydrogen (secondary N) is 4. The van der Waals surface area contributed by atoms with Crippen LogP contribution in [0.2, 0.25) is 0 Å². The molecule has 0 aromatic heterocycles. The van der Waals surface area contributed by atoms with Gasteiger partial charge < -0.3 is 0 Å². The highest BCUT2D eigenvalue weighted by Gasteiger charge is 1.57. The Hall–Kier alpha value is -2.02. The quantitative estimate of drug-likeness (QED) is 0.421. The van der Waals surface area contributed by atoms with Gasteiger partial charge in [-0.15, -0.1) is 0 Å². The van der Waals surface area contributed by atoms with Crippen LogP contribution in [0.4, 0.5) is 0 Å². The summed E-state index contributed by atoms with van der Waals surface area (Å²) < 4.78 is 0. The maximum Gasteiger partial charge on any atom is 0.0831 e. The van der Waals surface area contributed by atoms with E-state index < -0.39 is 0 Å². The summed E-state index contributed by atoms with van der Waals surface area (Å²) in [5, 5.41) is 22.5. The smallest absolute Gasteiger partial charge is 0.0831 e. The summed E-state index contributed by atoms with van der Waals surface area (Å²) in [5.74, 6) is 0. The lowest BCUT2D eigenvalue weighted by Crippen LogP contribution is -1.47. The monoisotopic (exact) mass is 162 g/mol. The van der Waals surface area contributed by atoms with E-state index in [1.54, 1.807) is 0 Å². The number of hydrogen-bond acceptors (Lipinski definition) is 4. The molecule has 0 saturated carbocycles. The van der Waals surface area contributed by atoms with Gasteiger partial charge >= 0.3 is 0 Å². The molecule has 1 rings (SSSR count). The molecule has 0 heterocycles. The molecule has 4 heteroatoms. The molecule has 62 valence electrons. The van der Waals surface area contributed by atoms with Gasteiger partial charge in [0, 0.05) is 0 Å². The van der Waals surface area contributed by atoms with Gasteiger partial charge in [-0.3, -0.25) is 0 Å². The van der Waals surface area contributed by atoms with E-state index in [9.17, 15) is 0 Å². The molecule has 4 nitrogen and oxygen atoms in total. The first-order chi connectivity index (χ1) is 5.83. The molecule has 1 aromatic rings. The molecule has 0 atom stereocenters. The van der Waals surface area contributed by atoms with Crippen molar-refractivity contribution in [2.75, 3.05) is 0 Å². The number of hydrogen-bond donors (Lipinski definition) is 4. The molecule has 1 aromatic carbocycles. The van der Waals surface area contributed by atoms with Crippen LogP contribution in [-0.2, 0) is 0 Å². The van der Waals surface area contributed by atoms with E-state index >= 15 is 0 Å². The van der Waals surface area contributed by atoms with Crippen molar-refractivity contribution >= 4 is 12.0 Å². The van der Waals surface area contributed by atoms with Gasteiger partial charge in [-0.1, -0.05) is 36.4 Å². The van der Waals surface area contributed by atoms with Crippen LogP contribution in [-0.4, -0.2) is 12.0 Å². The summed E-state index contributed by atoms with van der Waals surface area (Å²) in [5.41, 5.74) is 0. The summed E-state index contributed by atoms with van der Waals surface area (Å²) in [6.07, 6.45) is 0. The summed E-state index contributed by atoms with van der Waals surface area (Å²) in [6.45, 7) is 0. The van der Waals surface area contributed by atoms with Gasteiger partial charge in [0.2, 0.25) is 0 Å². The van der Waals surface area contributed by atoms with Crippen molar-refractivity contribution in [2.45, 2.75) is 0 Å². The molecule has 0 aliphatic rings. The van der Waals surface area contributed by atoms with Crippen LogP contribution >= 0.6 is 0 Å². The van der Waals surface area contributed by atoms with Gasteiger partial charge in [-0.05, 0) is 0 Å². The maximum atomic E-state index is 5.62. The van der Waals surface area contributed by atoms with Gasteiger partial charge in [-0.25, -0.2) is 21.6 Å². The van der Waals surface area contributed by atoms with Crippen LogP contribution < -0.4 is 0 Å². The lowest BCUT2D eigenvalue weighted by Gasteiger charge is -1.69. The van der Waals surface area contributed by atoms with Crippen LogP contribution in [0.25, 0.3) is 0 Å². The van der Waals surface area contributed by atoms with Gasteiger partial charge in [0.1, 0.15) is 0 Å². The number of benzene rings is 1. The van der Waals surface area contributed by atoms with Crippen molar-refractivity contribution in [1.29, 1.82) is 21.6 Å². The van der Waals surface area contributed by atoms with Gasteiger partial charge in [0.25, 0.3) is 0 Å². The normalized spacial score (nSPS) is 5.33. The van der Waals surface area contributed by atoms with E-state index in [1.165, 1.54) is 12.0 Å². The minimum atomic E-state index is 1.25. The second kappa shape index (κ2) is 16.0. The van der Waals surface area contributed by atoms with Gasteiger partial charge in [0.15, 0.2) is 0 Å². The van der Waals surface area contributed by atoms with E-state index in [1.807, 2.05) is 36.4 Å². The van der Waals surface area contributed by atoms with Gasteiger partial charge in [-0.2, -0.15) is 0 Å².